The Bertz CT molecular complexity index is 1190. The number of carbonyl (C=O) groups is 1. The topological polar surface area (TPSA) is 80.9 Å². The molecule has 1 amide bonds. The highest BCUT2D eigenvalue weighted by Crippen LogP contribution is 2.14. The van der Waals surface area contributed by atoms with E-state index in [9.17, 15) is 4.79 Å². The van der Waals surface area contributed by atoms with Crippen LogP contribution in [0.4, 0.5) is 5.69 Å². The van der Waals surface area contributed by atoms with Crippen LogP contribution in [-0.2, 0) is 11.2 Å². The summed E-state index contributed by atoms with van der Waals surface area (Å²) in [6.07, 6.45) is 2.24. The van der Waals surface area contributed by atoms with Crippen LogP contribution in [0.1, 0.15) is 23.4 Å². The highest BCUT2D eigenvalue weighted by molar-refractivity contribution is 5.90. The van der Waals surface area contributed by atoms with Crippen molar-refractivity contribution in [3.8, 4) is 23.4 Å². The van der Waals surface area contributed by atoms with Crippen LogP contribution in [0.15, 0.2) is 83.5 Å². The number of benzene rings is 2. The van der Waals surface area contributed by atoms with Crippen LogP contribution < -0.4 is 5.32 Å². The molecule has 4 aromatic rings. The van der Waals surface area contributed by atoms with Gasteiger partial charge in [0.1, 0.15) is 5.69 Å². The summed E-state index contributed by atoms with van der Waals surface area (Å²) in [6.45, 7) is 0. The monoisotopic (exact) mass is 394 g/mol. The third-order valence-corrected chi connectivity index (χ3v) is 4.20. The number of carbonyl (C=O) groups excluding carboxylic acids is 1. The predicted molar refractivity (Wildman–Crippen MR) is 113 cm³/mol. The molecular weight excluding hydrogens is 376 g/mol. The van der Waals surface area contributed by atoms with Gasteiger partial charge in [0.15, 0.2) is 0 Å². The molecule has 0 radical (unpaired) electrons. The van der Waals surface area contributed by atoms with Gasteiger partial charge in [-0.3, -0.25) is 9.78 Å². The van der Waals surface area contributed by atoms with E-state index in [0.717, 1.165) is 11.1 Å². The van der Waals surface area contributed by atoms with E-state index < -0.39 is 0 Å². The lowest BCUT2D eigenvalue weighted by Gasteiger charge is -2.04. The average Bonchev–Trinajstić information content (AvgIpc) is 3.27. The molecule has 0 spiro atoms. The second-order valence-electron chi connectivity index (χ2n) is 6.47. The van der Waals surface area contributed by atoms with Gasteiger partial charge in [0.05, 0.1) is 0 Å². The standard InChI is InChI=1S/C24H18N4O2/c29-22(14-15-23-27-24(28-30-23)21-11-4-5-16-25-21)26-20-10-6-9-19(17-20)13-12-18-7-2-1-3-8-18/h1-11,16-17H,14-15H2,(H,26,29). The molecule has 2 aromatic carbocycles. The zero-order valence-electron chi connectivity index (χ0n) is 16.1. The van der Waals surface area contributed by atoms with Crippen molar-refractivity contribution in [3.63, 3.8) is 0 Å². The lowest BCUT2D eigenvalue weighted by Crippen LogP contribution is -2.12. The summed E-state index contributed by atoms with van der Waals surface area (Å²) >= 11 is 0. The van der Waals surface area contributed by atoms with E-state index in [-0.39, 0.29) is 12.3 Å². The van der Waals surface area contributed by atoms with Crippen LogP contribution in [0.5, 0.6) is 0 Å². The second-order valence-corrected chi connectivity index (χ2v) is 6.47. The highest BCUT2D eigenvalue weighted by Gasteiger charge is 2.11. The maximum atomic E-state index is 12.3. The molecule has 0 aliphatic carbocycles. The van der Waals surface area contributed by atoms with Crippen LogP contribution in [-0.4, -0.2) is 21.0 Å². The Hall–Kier alpha value is -4.24. The zero-order chi connectivity index (χ0) is 20.6. The van der Waals surface area contributed by atoms with Gasteiger partial charge >= 0.3 is 0 Å². The summed E-state index contributed by atoms with van der Waals surface area (Å²) in [5.74, 6) is 6.89. The highest BCUT2D eigenvalue weighted by atomic mass is 16.5. The van der Waals surface area contributed by atoms with Crippen molar-refractivity contribution in [1.29, 1.82) is 0 Å². The van der Waals surface area contributed by atoms with Gasteiger partial charge in [-0.2, -0.15) is 4.98 Å². The summed E-state index contributed by atoms with van der Waals surface area (Å²) in [5, 5.41) is 6.79. The summed E-state index contributed by atoms with van der Waals surface area (Å²) < 4.78 is 5.21. The van der Waals surface area contributed by atoms with Crippen molar-refractivity contribution in [1.82, 2.24) is 15.1 Å². The Balaban J connectivity index is 1.34. The van der Waals surface area contributed by atoms with Gasteiger partial charge < -0.3 is 9.84 Å². The van der Waals surface area contributed by atoms with E-state index in [4.69, 9.17) is 4.52 Å². The smallest absolute Gasteiger partial charge is 0.227 e. The van der Waals surface area contributed by atoms with Gasteiger partial charge in [0.2, 0.25) is 17.6 Å². The van der Waals surface area contributed by atoms with E-state index in [1.54, 1.807) is 12.3 Å². The maximum Gasteiger partial charge on any atom is 0.227 e. The molecule has 146 valence electrons. The number of aryl methyl sites for hydroxylation is 1. The first-order valence-corrected chi connectivity index (χ1v) is 9.47. The van der Waals surface area contributed by atoms with Crippen molar-refractivity contribution in [2.45, 2.75) is 12.8 Å². The predicted octanol–water partition coefficient (Wildman–Crippen LogP) is 4.10. The number of hydrogen-bond acceptors (Lipinski definition) is 5. The third-order valence-electron chi connectivity index (χ3n) is 4.20. The Morgan fingerprint density at radius 1 is 0.933 bits per heavy atom. The fourth-order valence-electron chi connectivity index (χ4n) is 2.74. The van der Waals surface area contributed by atoms with E-state index in [2.05, 4.69) is 32.3 Å². The van der Waals surface area contributed by atoms with Gasteiger partial charge in [-0.25, -0.2) is 0 Å². The zero-order valence-corrected chi connectivity index (χ0v) is 16.1. The third kappa shape index (κ3) is 5.18. The first-order valence-electron chi connectivity index (χ1n) is 9.47. The Kier molecular flexibility index (Phi) is 5.92. The normalized spacial score (nSPS) is 10.1. The molecular formula is C24H18N4O2. The number of pyridine rings is 1. The molecule has 6 nitrogen and oxygen atoms in total. The number of nitrogens with one attached hydrogen (secondary N) is 1. The van der Waals surface area contributed by atoms with Gasteiger partial charge in [-0.1, -0.05) is 47.3 Å². The maximum absolute atomic E-state index is 12.3. The second kappa shape index (κ2) is 9.30. The summed E-state index contributed by atoms with van der Waals surface area (Å²) in [5.41, 5.74) is 3.09. The Morgan fingerprint density at radius 2 is 1.73 bits per heavy atom. The van der Waals surface area contributed by atoms with E-state index >= 15 is 0 Å². The van der Waals surface area contributed by atoms with Crippen molar-refractivity contribution in [2.75, 3.05) is 5.32 Å². The Morgan fingerprint density at radius 3 is 2.57 bits per heavy atom. The molecule has 2 heterocycles. The SMILES string of the molecule is O=C(CCc1nc(-c2ccccn2)no1)Nc1cccc(C#Cc2ccccc2)c1. The number of hydrogen-bond donors (Lipinski definition) is 1. The molecule has 30 heavy (non-hydrogen) atoms. The van der Waals surface area contributed by atoms with Crippen LogP contribution in [0.2, 0.25) is 0 Å². The first-order chi connectivity index (χ1) is 14.8. The molecule has 0 fully saturated rings. The number of amides is 1. The van der Waals surface area contributed by atoms with Crippen LogP contribution in [0.25, 0.3) is 11.5 Å². The van der Waals surface area contributed by atoms with Crippen molar-refractivity contribution in [3.05, 3.63) is 96.0 Å². The first kappa shape index (κ1) is 19.1. The van der Waals surface area contributed by atoms with Gasteiger partial charge in [0, 0.05) is 35.9 Å². The minimum atomic E-state index is -0.138. The molecule has 6 heteroatoms. The quantitative estimate of drug-likeness (QED) is 0.516. The lowest BCUT2D eigenvalue weighted by atomic mass is 10.1. The van der Waals surface area contributed by atoms with Crippen LogP contribution in [0.3, 0.4) is 0 Å². The fourth-order valence-corrected chi connectivity index (χ4v) is 2.74. The molecule has 0 aliphatic rings. The van der Waals surface area contributed by atoms with Crippen molar-refractivity contribution in [2.24, 2.45) is 0 Å². The van der Waals surface area contributed by atoms with Crippen LogP contribution >= 0.6 is 0 Å². The molecule has 1 N–H and O–H groups in total. The van der Waals surface area contributed by atoms with Gasteiger partial charge in [-0.05, 0) is 42.5 Å². The number of rotatable bonds is 5. The number of aromatic nitrogens is 3. The van der Waals surface area contributed by atoms with E-state index in [1.165, 1.54) is 0 Å². The lowest BCUT2D eigenvalue weighted by molar-refractivity contribution is -0.116. The summed E-state index contributed by atoms with van der Waals surface area (Å²) in [6, 6.07) is 22.7. The minimum absolute atomic E-state index is 0.138. The van der Waals surface area contributed by atoms with Crippen molar-refractivity contribution < 1.29 is 9.32 Å². The largest absolute Gasteiger partial charge is 0.339 e. The molecule has 0 aliphatic heterocycles. The molecule has 2 aromatic heterocycles. The molecule has 0 saturated heterocycles. The van der Waals surface area contributed by atoms with Gasteiger partial charge in [-0.15, -0.1) is 0 Å². The average molecular weight is 394 g/mol. The van der Waals surface area contributed by atoms with Crippen LogP contribution in [0, 0.1) is 11.8 Å². The van der Waals surface area contributed by atoms with E-state index in [1.807, 2.05) is 66.7 Å². The van der Waals surface area contributed by atoms with E-state index in [0.29, 0.717) is 29.5 Å². The minimum Gasteiger partial charge on any atom is -0.339 e. The fraction of sp³-hybridized carbons (Fsp3) is 0.0833. The molecule has 0 bridgehead atoms. The summed E-state index contributed by atoms with van der Waals surface area (Å²) in [4.78, 5) is 20.8. The summed E-state index contributed by atoms with van der Waals surface area (Å²) in [7, 11) is 0. The Labute approximate surface area is 174 Å². The number of anilines is 1. The molecule has 0 atom stereocenters. The molecule has 0 unspecified atom stereocenters. The number of nitrogens with zero attached hydrogens (tertiary/aromatic N) is 3. The van der Waals surface area contributed by atoms with Crippen molar-refractivity contribution >= 4 is 11.6 Å². The van der Waals surface area contributed by atoms with Gasteiger partial charge in [0.25, 0.3) is 0 Å². The molecule has 4 rings (SSSR count). The molecule has 0 saturated carbocycles.